The topological polar surface area (TPSA) is 52.6 Å². The summed E-state index contributed by atoms with van der Waals surface area (Å²) in [5.41, 5.74) is 0. The van der Waals surface area contributed by atoms with Crippen molar-refractivity contribution in [2.45, 2.75) is 69.7 Å². The first-order valence-corrected chi connectivity index (χ1v) is 7.40. The van der Waals surface area contributed by atoms with Crippen molar-refractivity contribution in [1.82, 2.24) is 10.2 Å². The Morgan fingerprint density at radius 1 is 1.22 bits per heavy atom. The van der Waals surface area contributed by atoms with E-state index in [0.29, 0.717) is 24.0 Å². The maximum Gasteiger partial charge on any atom is 0.227 e. The predicted molar refractivity (Wildman–Crippen MR) is 69.1 cm³/mol. The van der Waals surface area contributed by atoms with E-state index in [-0.39, 0.29) is 12.0 Å². The Bertz CT molecular complexity index is 320. The van der Waals surface area contributed by atoms with Crippen LogP contribution in [0.25, 0.3) is 0 Å². The minimum absolute atomic E-state index is 0.150. The normalized spacial score (nSPS) is 44.1. The van der Waals surface area contributed by atoms with Gasteiger partial charge >= 0.3 is 0 Å². The van der Waals surface area contributed by atoms with Crippen LogP contribution in [-0.4, -0.2) is 46.7 Å². The zero-order valence-corrected chi connectivity index (χ0v) is 11.1. The van der Waals surface area contributed by atoms with Gasteiger partial charge in [0, 0.05) is 18.1 Å². The molecule has 3 saturated heterocycles. The van der Waals surface area contributed by atoms with Crippen LogP contribution in [-0.2, 0) is 4.79 Å². The number of fused-ring (bicyclic) bond motifs is 2. The van der Waals surface area contributed by atoms with Crippen LogP contribution in [0.2, 0.25) is 0 Å². The maximum atomic E-state index is 12.7. The largest absolute Gasteiger partial charge is 0.393 e. The maximum absolute atomic E-state index is 12.7. The summed E-state index contributed by atoms with van der Waals surface area (Å²) in [6, 6.07) is 0.915. The van der Waals surface area contributed by atoms with Gasteiger partial charge in [0.15, 0.2) is 0 Å². The van der Waals surface area contributed by atoms with Crippen molar-refractivity contribution < 1.29 is 9.90 Å². The molecule has 3 heterocycles. The highest BCUT2D eigenvalue weighted by Crippen LogP contribution is 2.37. The summed E-state index contributed by atoms with van der Waals surface area (Å²) in [7, 11) is 0. The molecule has 4 atom stereocenters. The van der Waals surface area contributed by atoms with E-state index in [1.807, 2.05) is 0 Å². The summed E-state index contributed by atoms with van der Waals surface area (Å²) in [5, 5.41) is 13.2. The van der Waals surface area contributed by atoms with Crippen LogP contribution in [0.1, 0.15) is 45.4 Å². The molecule has 4 nitrogen and oxygen atoms in total. The average Bonchev–Trinajstić information content (AvgIpc) is 2.61. The number of aliphatic hydroxyl groups is 1. The van der Waals surface area contributed by atoms with E-state index < -0.39 is 0 Å². The SMILES string of the molecule is CC1NCCCC1C(=O)N1C2CCC1CC(O)C2. The molecule has 3 rings (SSSR count). The van der Waals surface area contributed by atoms with Gasteiger partial charge < -0.3 is 15.3 Å². The zero-order valence-electron chi connectivity index (χ0n) is 11.1. The number of rotatable bonds is 1. The highest BCUT2D eigenvalue weighted by Gasteiger charge is 2.45. The lowest BCUT2D eigenvalue weighted by atomic mass is 9.88. The second-order valence-electron chi connectivity index (χ2n) is 6.25. The Morgan fingerprint density at radius 2 is 1.89 bits per heavy atom. The summed E-state index contributed by atoms with van der Waals surface area (Å²) < 4.78 is 0. The van der Waals surface area contributed by atoms with Crippen LogP contribution in [0.15, 0.2) is 0 Å². The first kappa shape index (κ1) is 12.4. The minimum atomic E-state index is -0.187. The number of nitrogens with zero attached hydrogens (tertiary/aromatic N) is 1. The molecule has 0 saturated carbocycles. The molecule has 4 unspecified atom stereocenters. The quantitative estimate of drug-likeness (QED) is 0.728. The molecule has 2 N–H and O–H groups in total. The fourth-order valence-corrected chi connectivity index (χ4v) is 4.08. The third kappa shape index (κ3) is 2.05. The monoisotopic (exact) mass is 252 g/mol. The van der Waals surface area contributed by atoms with Gasteiger partial charge in [-0.3, -0.25) is 4.79 Å². The number of aliphatic hydroxyl groups excluding tert-OH is 1. The van der Waals surface area contributed by atoms with E-state index >= 15 is 0 Å². The molecule has 102 valence electrons. The van der Waals surface area contributed by atoms with Gasteiger partial charge in [-0.1, -0.05) is 0 Å². The highest BCUT2D eigenvalue weighted by molar-refractivity contribution is 5.80. The van der Waals surface area contributed by atoms with Crippen molar-refractivity contribution in [3.63, 3.8) is 0 Å². The molecule has 0 spiro atoms. The van der Waals surface area contributed by atoms with Crippen LogP contribution >= 0.6 is 0 Å². The summed E-state index contributed by atoms with van der Waals surface area (Å²) in [5.74, 6) is 0.492. The average molecular weight is 252 g/mol. The molecule has 2 bridgehead atoms. The van der Waals surface area contributed by atoms with E-state index in [1.165, 1.54) is 0 Å². The zero-order chi connectivity index (χ0) is 12.7. The van der Waals surface area contributed by atoms with Crippen LogP contribution in [0.3, 0.4) is 0 Å². The molecule has 0 aromatic heterocycles. The molecule has 1 amide bonds. The van der Waals surface area contributed by atoms with Crippen LogP contribution in [0.5, 0.6) is 0 Å². The van der Waals surface area contributed by atoms with Gasteiger partial charge in [0.1, 0.15) is 0 Å². The molecule has 0 aromatic carbocycles. The van der Waals surface area contributed by atoms with Gasteiger partial charge in [-0.05, 0) is 52.0 Å². The lowest BCUT2D eigenvalue weighted by Gasteiger charge is -2.41. The Hall–Kier alpha value is -0.610. The Kier molecular flexibility index (Phi) is 3.32. The van der Waals surface area contributed by atoms with E-state index in [2.05, 4.69) is 17.1 Å². The smallest absolute Gasteiger partial charge is 0.227 e. The molecule has 0 radical (unpaired) electrons. The number of piperidine rings is 2. The molecule has 3 aliphatic rings. The molecule has 18 heavy (non-hydrogen) atoms. The second kappa shape index (κ2) is 4.82. The number of hydrogen-bond donors (Lipinski definition) is 2. The first-order valence-electron chi connectivity index (χ1n) is 7.40. The molecule has 3 fully saturated rings. The molecule has 0 aromatic rings. The van der Waals surface area contributed by atoms with Crippen LogP contribution < -0.4 is 5.32 Å². The number of carbonyl (C=O) groups is 1. The van der Waals surface area contributed by atoms with Crippen LogP contribution in [0, 0.1) is 5.92 Å². The Morgan fingerprint density at radius 3 is 2.50 bits per heavy atom. The van der Waals surface area contributed by atoms with Gasteiger partial charge in [-0.15, -0.1) is 0 Å². The van der Waals surface area contributed by atoms with E-state index in [1.54, 1.807) is 0 Å². The lowest BCUT2D eigenvalue weighted by Crippen LogP contribution is -2.54. The molecule has 4 heteroatoms. The van der Waals surface area contributed by atoms with E-state index in [4.69, 9.17) is 0 Å². The fraction of sp³-hybridized carbons (Fsp3) is 0.929. The molecular weight excluding hydrogens is 228 g/mol. The Balaban J connectivity index is 1.72. The van der Waals surface area contributed by atoms with Gasteiger partial charge in [0.25, 0.3) is 0 Å². The standard InChI is InChI=1S/C14H24N2O2/c1-9-13(3-2-6-15-9)14(18)16-10-4-5-11(16)8-12(17)7-10/h9-13,15,17H,2-8H2,1H3. The number of amides is 1. The fourth-order valence-electron chi connectivity index (χ4n) is 4.08. The number of carbonyl (C=O) groups excluding carboxylic acids is 1. The highest BCUT2D eigenvalue weighted by atomic mass is 16.3. The Labute approximate surface area is 109 Å². The molecule has 3 aliphatic heterocycles. The molecule has 0 aliphatic carbocycles. The number of nitrogens with one attached hydrogen (secondary N) is 1. The van der Waals surface area contributed by atoms with E-state index in [9.17, 15) is 9.90 Å². The second-order valence-corrected chi connectivity index (χ2v) is 6.25. The van der Waals surface area contributed by atoms with Crippen molar-refractivity contribution in [3.8, 4) is 0 Å². The first-order chi connectivity index (χ1) is 8.66. The van der Waals surface area contributed by atoms with Crippen molar-refractivity contribution in [3.05, 3.63) is 0 Å². The predicted octanol–water partition coefficient (Wildman–Crippen LogP) is 0.889. The van der Waals surface area contributed by atoms with Gasteiger partial charge in [0.05, 0.1) is 12.0 Å². The minimum Gasteiger partial charge on any atom is -0.393 e. The summed E-state index contributed by atoms with van der Waals surface area (Å²) >= 11 is 0. The number of hydrogen-bond acceptors (Lipinski definition) is 3. The summed E-state index contributed by atoms with van der Waals surface area (Å²) in [6.45, 7) is 3.17. The van der Waals surface area contributed by atoms with Crippen molar-refractivity contribution in [2.24, 2.45) is 5.92 Å². The van der Waals surface area contributed by atoms with Crippen LogP contribution in [0.4, 0.5) is 0 Å². The van der Waals surface area contributed by atoms with E-state index in [0.717, 1.165) is 45.1 Å². The van der Waals surface area contributed by atoms with Gasteiger partial charge in [-0.25, -0.2) is 0 Å². The lowest BCUT2D eigenvalue weighted by molar-refractivity contribution is -0.143. The van der Waals surface area contributed by atoms with Crippen molar-refractivity contribution in [1.29, 1.82) is 0 Å². The third-order valence-electron chi connectivity index (χ3n) is 5.04. The van der Waals surface area contributed by atoms with Crippen molar-refractivity contribution >= 4 is 5.91 Å². The van der Waals surface area contributed by atoms with Crippen molar-refractivity contribution in [2.75, 3.05) is 6.54 Å². The van der Waals surface area contributed by atoms with Gasteiger partial charge in [0.2, 0.25) is 5.91 Å². The van der Waals surface area contributed by atoms with Gasteiger partial charge in [-0.2, -0.15) is 0 Å². The summed E-state index contributed by atoms with van der Waals surface area (Å²) in [6.07, 6.45) is 5.68. The third-order valence-corrected chi connectivity index (χ3v) is 5.04. The summed E-state index contributed by atoms with van der Waals surface area (Å²) in [4.78, 5) is 14.9. The molecular formula is C14H24N2O2.